The van der Waals surface area contributed by atoms with E-state index in [-0.39, 0.29) is 40.1 Å². The summed E-state index contributed by atoms with van der Waals surface area (Å²) in [5.41, 5.74) is -2.54. The average Bonchev–Trinajstić information content (AvgIpc) is 2.92. The van der Waals surface area contributed by atoms with E-state index in [1.54, 1.807) is 0 Å². The van der Waals surface area contributed by atoms with Crippen LogP contribution in [0.15, 0.2) is 63.0 Å². The van der Waals surface area contributed by atoms with Crippen LogP contribution < -0.4 is 27.0 Å². The number of aromatic nitrogens is 4. The van der Waals surface area contributed by atoms with Gasteiger partial charge in [0.2, 0.25) is 5.95 Å². The summed E-state index contributed by atoms with van der Waals surface area (Å²) in [4.78, 5) is 56.0. The molecule has 0 saturated heterocycles. The molecule has 0 fully saturated rings. The number of methoxy groups -OCH3 is 1. The Labute approximate surface area is 227 Å². The number of nitrogens with zero attached hydrogens (tertiary/aromatic N) is 3. The van der Waals surface area contributed by atoms with E-state index in [2.05, 4.69) is 20.0 Å². The van der Waals surface area contributed by atoms with Crippen LogP contribution in [0.2, 0.25) is 5.02 Å². The van der Waals surface area contributed by atoms with E-state index in [9.17, 15) is 32.3 Å². The van der Waals surface area contributed by atoms with Crippen molar-refractivity contribution in [2.24, 2.45) is 0 Å². The first-order valence-corrected chi connectivity index (χ1v) is 11.7. The number of hydrogen-bond acceptors (Lipinski definition) is 8. The zero-order chi connectivity index (χ0) is 29.0. The second kappa shape index (κ2) is 11.9. The maximum atomic E-state index is 13.9. The molecule has 4 aromatic rings. The number of anilines is 2. The van der Waals surface area contributed by atoms with Crippen molar-refractivity contribution < 1.29 is 27.4 Å². The third-order valence-electron chi connectivity index (χ3n) is 5.53. The number of benzene rings is 2. The van der Waals surface area contributed by atoms with Crippen molar-refractivity contribution in [3.8, 4) is 5.75 Å². The molecule has 0 aliphatic carbocycles. The van der Waals surface area contributed by atoms with Gasteiger partial charge in [0.1, 0.15) is 5.75 Å². The molecule has 0 aliphatic rings. The Kier molecular flexibility index (Phi) is 8.38. The van der Waals surface area contributed by atoms with Crippen LogP contribution in [-0.4, -0.2) is 38.8 Å². The Hall–Kier alpha value is -4.85. The molecule has 40 heavy (non-hydrogen) atoms. The van der Waals surface area contributed by atoms with Gasteiger partial charge in [0.05, 0.1) is 30.9 Å². The molecule has 0 amide bonds. The first-order valence-electron chi connectivity index (χ1n) is 11.3. The van der Waals surface area contributed by atoms with Gasteiger partial charge in [-0.05, 0) is 35.9 Å². The molecule has 0 atom stereocenters. The molecule has 0 saturated carbocycles. The Balaban J connectivity index is 1.77. The minimum Gasteiger partial charge on any atom is -0.482 e. The summed E-state index contributed by atoms with van der Waals surface area (Å²) < 4.78 is 52.6. The molecule has 2 aromatic carbocycles. The maximum absolute atomic E-state index is 13.9. The Morgan fingerprint density at radius 2 is 1.77 bits per heavy atom. The lowest BCUT2D eigenvalue weighted by Crippen LogP contribution is -2.43. The molecule has 0 bridgehead atoms. The Bertz CT molecular complexity index is 1750. The van der Waals surface area contributed by atoms with E-state index < -0.39 is 53.4 Å². The van der Waals surface area contributed by atoms with Crippen molar-refractivity contribution in [2.45, 2.75) is 13.1 Å². The van der Waals surface area contributed by atoms with Crippen molar-refractivity contribution in [1.82, 2.24) is 19.1 Å². The van der Waals surface area contributed by atoms with Crippen LogP contribution in [0.1, 0.15) is 11.1 Å². The Morgan fingerprint density at radius 3 is 2.42 bits per heavy atom. The number of nitrogens with one attached hydrogen (secondary N) is 2. The monoisotopic (exact) mass is 577 g/mol. The van der Waals surface area contributed by atoms with E-state index in [1.165, 1.54) is 43.6 Å². The minimum atomic E-state index is -1.69. The highest BCUT2D eigenvalue weighted by Crippen LogP contribution is 2.29. The summed E-state index contributed by atoms with van der Waals surface area (Å²) in [6.07, 6.45) is 1.37. The van der Waals surface area contributed by atoms with Crippen molar-refractivity contribution in [1.29, 1.82) is 0 Å². The van der Waals surface area contributed by atoms with Crippen LogP contribution in [-0.2, 0) is 22.6 Å². The molecule has 0 spiro atoms. The standard InChI is InChI=1S/C25H19ClF3N5O6/c1-39-20(35)12-40-15-4-5-19(16(26)9-15)31-23-32-24(37)34(11-14-3-2-6-30-22(14)36)25(38)33(23)10-13-7-17(27)21(29)18(28)8-13/h2-9H,10-12H2,1H3,(H,30,36)(H,31,32,37). The summed E-state index contributed by atoms with van der Waals surface area (Å²) in [6, 6.07) is 8.43. The first kappa shape index (κ1) is 28.2. The van der Waals surface area contributed by atoms with Crippen molar-refractivity contribution in [3.05, 3.63) is 114 Å². The Morgan fingerprint density at radius 1 is 1.05 bits per heavy atom. The smallest absolute Gasteiger partial charge is 0.355 e. The number of halogens is 4. The van der Waals surface area contributed by atoms with Gasteiger partial charge in [-0.25, -0.2) is 32.1 Å². The minimum absolute atomic E-state index is 0.0297. The van der Waals surface area contributed by atoms with Crippen LogP contribution >= 0.6 is 11.6 Å². The second-order valence-electron chi connectivity index (χ2n) is 8.20. The SMILES string of the molecule is COC(=O)COc1ccc(Nc2nc(=O)n(Cc3ccc[nH]c3=O)c(=O)n2Cc2cc(F)c(F)c(F)c2)c(Cl)c1. The highest BCUT2D eigenvalue weighted by atomic mass is 35.5. The van der Waals surface area contributed by atoms with Gasteiger partial charge in [-0.1, -0.05) is 17.7 Å². The fraction of sp³-hybridized carbons (Fsp3) is 0.160. The quantitative estimate of drug-likeness (QED) is 0.229. The molecule has 208 valence electrons. The summed E-state index contributed by atoms with van der Waals surface area (Å²) in [5.74, 6) is -5.46. The van der Waals surface area contributed by atoms with Gasteiger partial charge in [0.25, 0.3) is 5.56 Å². The lowest BCUT2D eigenvalue weighted by Gasteiger charge is -2.17. The normalized spacial score (nSPS) is 10.8. The second-order valence-corrected chi connectivity index (χ2v) is 8.61. The topological polar surface area (TPSA) is 137 Å². The van der Waals surface area contributed by atoms with Crippen LogP contribution in [0.25, 0.3) is 0 Å². The lowest BCUT2D eigenvalue weighted by molar-refractivity contribution is -0.142. The van der Waals surface area contributed by atoms with Crippen molar-refractivity contribution in [3.63, 3.8) is 0 Å². The number of ether oxygens (including phenoxy) is 2. The van der Waals surface area contributed by atoms with Gasteiger partial charge in [0, 0.05) is 17.8 Å². The maximum Gasteiger partial charge on any atom is 0.355 e. The third kappa shape index (κ3) is 6.23. The molecule has 2 aromatic heterocycles. The van der Waals surface area contributed by atoms with Crippen molar-refractivity contribution in [2.75, 3.05) is 19.0 Å². The number of rotatable bonds is 9. The molecule has 0 aliphatic heterocycles. The molecular formula is C25H19ClF3N5O6. The van der Waals surface area contributed by atoms with Crippen LogP contribution in [0.3, 0.4) is 0 Å². The fourth-order valence-corrected chi connectivity index (χ4v) is 3.76. The highest BCUT2D eigenvalue weighted by molar-refractivity contribution is 6.33. The van der Waals surface area contributed by atoms with Crippen molar-refractivity contribution >= 4 is 29.2 Å². The summed E-state index contributed by atoms with van der Waals surface area (Å²) in [7, 11) is 1.19. The van der Waals surface area contributed by atoms with E-state index in [0.717, 1.165) is 4.57 Å². The molecule has 4 rings (SSSR count). The molecular weight excluding hydrogens is 559 g/mol. The zero-order valence-electron chi connectivity index (χ0n) is 20.5. The molecule has 0 radical (unpaired) electrons. The first-order chi connectivity index (χ1) is 19.1. The molecule has 11 nitrogen and oxygen atoms in total. The number of carbonyl (C=O) groups excluding carboxylic acids is 1. The largest absolute Gasteiger partial charge is 0.482 e. The zero-order valence-corrected chi connectivity index (χ0v) is 21.3. The van der Waals surface area contributed by atoms with E-state index in [4.69, 9.17) is 16.3 Å². The van der Waals surface area contributed by atoms with E-state index in [0.29, 0.717) is 16.7 Å². The van der Waals surface area contributed by atoms with Crippen LogP contribution in [0.4, 0.5) is 24.8 Å². The van der Waals surface area contributed by atoms with Gasteiger partial charge < -0.3 is 19.8 Å². The number of hydrogen-bond donors (Lipinski definition) is 2. The van der Waals surface area contributed by atoms with E-state index >= 15 is 0 Å². The molecule has 15 heteroatoms. The van der Waals surface area contributed by atoms with Crippen LogP contribution in [0.5, 0.6) is 5.75 Å². The van der Waals surface area contributed by atoms with Gasteiger partial charge in [-0.3, -0.25) is 9.36 Å². The number of esters is 1. The fourth-order valence-electron chi connectivity index (χ4n) is 3.54. The summed E-state index contributed by atoms with van der Waals surface area (Å²) >= 11 is 6.30. The van der Waals surface area contributed by atoms with Gasteiger partial charge in [-0.2, -0.15) is 4.98 Å². The number of H-pyrrole nitrogens is 1. The predicted molar refractivity (Wildman–Crippen MR) is 137 cm³/mol. The lowest BCUT2D eigenvalue weighted by atomic mass is 10.2. The highest BCUT2D eigenvalue weighted by Gasteiger charge is 2.18. The van der Waals surface area contributed by atoms with Gasteiger partial charge >= 0.3 is 17.3 Å². The van der Waals surface area contributed by atoms with Gasteiger partial charge in [-0.15, -0.1) is 0 Å². The summed E-state index contributed by atoms with van der Waals surface area (Å²) in [5, 5.41) is 2.75. The van der Waals surface area contributed by atoms with Crippen LogP contribution in [0, 0.1) is 17.5 Å². The van der Waals surface area contributed by atoms with E-state index in [1.807, 2.05) is 0 Å². The van der Waals surface area contributed by atoms with Gasteiger partial charge in [0.15, 0.2) is 24.1 Å². The third-order valence-corrected chi connectivity index (χ3v) is 5.85. The number of pyridine rings is 1. The number of aromatic amines is 1. The molecule has 0 unspecified atom stereocenters. The molecule has 2 heterocycles. The molecule has 2 N–H and O–H groups in total. The number of carbonyl (C=O) groups is 1. The average molecular weight is 578 g/mol. The summed E-state index contributed by atoms with van der Waals surface area (Å²) in [6.45, 7) is -1.39. The predicted octanol–water partition coefficient (Wildman–Crippen LogP) is 2.56.